The number of anilines is 3. The van der Waals surface area contributed by atoms with Crippen LogP contribution in [-0.4, -0.2) is 38.3 Å². The summed E-state index contributed by atoms with van der Waals surface area (Å²) in [4.78, 5) is 11.9. The van der Waals surface area contributed by atoms with Crippen LogP contribution in [-0.2, 0) is 16.6 Å². The molecule has 2 aromatic heterocycles. The SMILES string of the molecule is O=S(=O)(Nc1ncccn1)c1ccc(NC(=S)Nc2ncn(Cc3c(Cl)cccc3Cl)n2)cc1. The minimum Gasteiger partial charge on any atom is -0.332 e. The normalized spacial score (nSPS) is 11.1. The summed E-state index contributed by atoms with van der Waals surface area (Å²) in [6, 6.07) is 12.8. The summed E-state index contributed by atoms with van der Waals surface area (Å²) < 4.78 is 28.8. The van der Waals surface area contributed by atoms with Crippen molar-refractivity contribution >= 4 is 68.1 Å². The molecule has 4 aromatic rings. The lowest BCUT2D eigenvalue weighted by Crippen LogP contribution is -2.20. The molecular weight excluding hydrogens is 519 g/mol. The molecule has 174 valence electrons. The second-order valence-electron chi connectivity index (χ2n) is 6.75. The number of nitrogens with one attached hydrogen (secondary N) is 3. The Kier molecular flexibility index (Phi) is 7.22. The van der Waals surface area contributed by atoms with Crippen LogP contribution in [0.4, 0.5) is 17.6 Å². The highest BCUT2D eigenvalue weighted by molar-refractivity contribution is 7.92. The van der Waals surface area contributed by atoms with Crippen LogP contribution in [0.25, 0.3) is 0 Å². The highest BCUT2D eigenvalue weighted by Gasteiger charge is 2.15. The van der Waals surface area contributed by atoms with Gasteiger partial charge in [0, 0.05) is 33.7 Å². The van der Waals surface area contributed by atoms with E-state index in [1.807, 2.05) is 0 Å². The largest absolute Gasteiger partial charge is 0.332 e. The van der Waals surface area contributed by atoms with E-state index in [0.29, 0.717) is 22.3 Å². The third-order valence-electron chi connectivity index (χ3n) is 4.36. The van der Waals surface area contributed by atoms with Gasteiger partial charge in [-0.2, -0.15) is 0 Å². The van der Waals surface area contributed by atoms with E-state index >= 15 is 0 Å². The van der Waals surface area contributed by atoms with Gasteiger partial charge in [-0.15, -0.1) is 5.10 Å². The van der Waals surface area contributed by atoms with Crippen molar-refractivity contribution in [2.45, 2.75) is 11.4 Å². The van der Waals surface area contributed by atoms with Crippen molar-refractivity contribution < 1.29 is 8.42 Å². The Bertz CT molecular complexity index is 1390. The number of thiocarbonyl (C=S) groups is 1. The first-order valence-electron chi connectivity index (χ1n) is 9.60. The highest BCUT2D eigenvalue weighted by Crippen LogP contribution is 2.25. The number of hydrogen-bond acceptors (Lipinski definition) is 7. The first-order chi connectivity index (χ1) is 16.3. The van der Waals surface area contributed by atoms with Crippen LogP contribution < -0.4 is 15.4 Å². The maximum absolute atomic E-state index is 12.5. The Hall–Kier alpha value is -3.32. The number of hydrogen-bond donors (Lipinski definition) is 3. The van der Waals surface area contributed by atoms with Crippen LogP contribution in [0.5, 0.6) is 0 Å². The van der Waals surface area contributed by atoms with Gasteiger partial charge in [0.1, 0.15) is 6.33 Å². The van der Waals surface area contributed by atoms with Crippen molar-refractivity contribution in [3.05, 3.63) is 82.9 Å². The number of benzene rings is 2. The zero-order chi connectivity index (χ0) is 24.1. The smallest absolute Gasteiger partial charge is 0.264 e. The molecule has 14 heteroatoms. The average molecular weight is 535 g/mol. The predicted octanol–water partition coefficient (Wildman–Crippen LogP) is 4.03. The molecule has 0 fully saturated rings. The molecule has 0 bridgehead atoms. The molecular formula is C20H16Cl2N8O2S2. The van der Waals surface area contributed by atoms with Crippen LogP contribution in [0.3, 0.4) is 0 Å². The topological polar surface area (TPSA) is 127 Å². The lowest BCUT2D eigenvalue weighted by atomic mass is 10.2. The molecule has 0 saturated heterocycles. The standard InChI is InChI=1S/C20H16Cl2N8O2S2/c21-16-3-1-4-17(22)15(16)11-30-12-25-19(28-30)27-20(33)26-13-5-7-14(8-6-13)34(31,32)29-18-23-9-2-10-24-18/h1-10,12H,11H2,(H,23,24,29)(H2,26,27,28,33). The molecule has 0 radical (unpaired) electrons. The maximum Gasteiger partial charge on any atom is 0.264 e. The number of nitrogens with zero attached hydrogens (tertiary/aromatic N) is 5. The van der Waals surface area contributed by atoms with E-state index in [1.54, 1.807) is 41.1 Å². The summed E-state index contributed by atoms with van der Waals surface area (Å²) in [6.45, 7) is 0.339. The van der Waals surface area contributed by atoms with Gasteiger partial charge in [0.2, 0.25) is 11.9 Å². The zero-order valence-corrected chi connectivity index (χ0v) is 20.3. The van der Waals surface area contributed by atoms with E-state index in [1.165, 1.54) is 30.9 Å². The third-order valence-corrected chi connectivity index (χ3v) is 6.61. The second kappa shape index (κ2) is 10.3. The van der Waals surface area contributed by atoms with Gasteiger partial charge >= 0.3 is 0 Å². The molecule has 34 heavy (non-hydrogen) atoms. The molecule has 4 rings (SSSR count). The summed E-state index contributed by atoms with van der Waals surface area (Å²) in [6.07, 6.45) is 4.40. The van der Waals surface area contributed by atoms with Crippen LogP contribution in [0.15, 0.2) is 72.1 Å². The predicted molar refractivity (Wildman–Crippen MR) is 135 cm³/mol. The summed E-state index contributed by atoms with van der Waals surface area (Å²) in [5.41, 5.74) is 1.29. The summed E-state index contributed by atoms with van der Waals surface area (Å²) >= 11 is 17.7. The monoisotopic (exact) mass is 534 g/mol. The molecule has 0 aliphatic rings. The van der Waals surface area contributed by atoms with Crippen LogP contribution >= 0.6 is 35.4 Å². The van der Waals surface area contributed by atoms with E-state index in [4.69, 9.17) is 35.4 Å². The Morgan fingerprint density at radius 2 is 1.59 bits per heavy atom. The molecule has 2 aromatic carbocycles. The second-order valence-corrected chi connectivity index (χ2v) is 9.65. The minimum atomic E-state index is -3.83. The number of aromatic nitrogens is 5. The van der Waals surface area contributed by atoms with E-state index < -0.39 is 10.0 Å². The molecule has 0 spiro atoms. The van der Waals surface area contributed by atoms with Crippen LogP contribution in [0.1, 0.15) is 5.56 Å². The first kappa shape index (κ1) is 23.8. The Morgan fingerprint density at radius 1 is 0.912 bits per heavy atom. The van der Waals surface area contributed by atoms with Crippen molar-refractivity contribution in [3.63, 3.8) is 0 Å². The summed E-state index contributed by atoms with van der Waals surface area (Å²) in [5, 5.41) is 11.4. The Labute approximate surface area is 210 Å². The molecule has 0 aliphatic heterocycles. The zero-order valence-electron chi connectivity index (χ0n) is 17.2. The highest BCUT2D eigenvalue weighted by atomic mass is 35.5. The van der Waals surface area contributed by atoms with E-state index in [9.17, 15) is 8.42 Å². The van der Waals surface area contributed by atoms with Crippen molar-refractivity contribution in [2.24, 2.45) is 0 Å². The van der Waals surface area contributed by atoms with Gasteiger partial charge in [-0.05, 0) is 54.7 Å². The molecule has 2 heterocycles. The van der Waals surface area contributed by atoms with Gasteiger partial charge < -0.3 is 5.32 Å². The van der Waals surface area contributed by atoms with Crippen molar-refractivity contribution in [1.29, 1.82) is 0 Å². The van der Waals surface area contributed by atoms with Crippen LogP contribution in [0, 0.1) is 0 Å². The van der Waals surface area contributed by atoms with Gasteiger partial charge in [0.05, 0.1) is 11.4 Å². The minimum absolute atomic E-state index is 0.0150. The fourth-order valence-corrected chi connectivity index (χ4v) is 4.47. The fourth-order valence-electron chi connectivity index (χ4n) is 2.79. The summed E-state index contributed by atoms with van der Waals surface area (Å²) in [7, 11) is -3.83. The van der Waals surface area contributed by atoms with Gasteiger partial charge in [0.15, 0.2) is 5.11 Å². The van der Waals surface area contributed by atoms with E-state index in [0.717, 1.165) is 5.56 Å². The van der Waals surface area contributed by atoms with Gasteiger partial charge in [-0.3, -0.25) is 5.32 Å². The Balaban J connectivity index is 1.35. The van der Waals surface area contributed by atoms with E-state index in [-0.39, 0.29) is 21.9 Å². The Morgan fingerprint density at radius 3 is 2.26 bits per heavy atom. The number of rotatable bonds is 7. The fraction of sp³-hybridized carbons (Fsp3) is 0.0500. The molecule has 10 nitrogen and oxygen atoms in total. The van der Waals surface area contributed by atoms with Crippen molar-refractivity contribution in [3.8, 4) is 0 Å². The molecule has 0 unspecified atom stereocenters. The number of sulfonamides is 1. The van der Waals surface area contributed by atoms with Crippen LogP contribution in [0.2, 0.25) is 10.0 Å². The molecule has 0 saturated carbocycles. The van der Waals surface area contributed by atoms with Crippen molar-refractivity contribution in [1.82, 2.24) is 24.7 Å². The average Bonchev–Trinajstić information content (AvgIpc) is 3.24. The molecule has 0 amide bonds. The molecule has 0 atom stereocenters. The first-order valence-corrected chi connectivity index (χ1v) is 12.3. The molecule has 0 aliphatic carbocycles. The van der Waals surface area contributed by atoms with Crippen molar-refractivity contribution in [2.75, 3.05) is 15.4 Å². The lowest BCUT2D eigenvalue weighted by molar-refractivity contribution is 0.601. The summed E-state index contributed by atoms with van der Waals surface area (Å²) in [5.74, 6) is 0.255. The van der Waals surface area contributed by atoms with E-state index in [2.05, 4.69) is 35.4 Å². The van der Waals surface area contributed by atoms with Gasteiger partial charge in [0.25, 0.3) is 10.0 Å². The third kappa shape index (κ3) is 5.97. The number of halogens is 2. The lowest BCUT2D eigenvalue weighted by Gasteiger charge is -2.10. The molecule has 3 N–H and O–H groups in total. The van der Waals surface area contributed by atoms with Gasteiger partial charge in [-0.1, -0.05) is 29.3 Å². The maximum atomic E-state index is 12.5. The van der Waals surface area contributed by atoms with Gasteiger partial charge in [-0.25, -0.2) is 32.8 Å². The quantitative estimate of drug-likeness (QED) is 0.301.